The van der Waals surface area contributed by atoms with Gasteiger partial charge in [-0.05, 0) is 57.2 Å². The van der Waals surface area contributed by atoms with Crippen molar-refractivity contribution < 1.29 is 19.6 Å². The summed E-state index contributed by atoms with van der Waals surface area (Å²) in [4.78, 5) is 31.2. The van der Waals surface area contributed by atoms with E-state index in [4.69, 9.17) is 10.8 Å². The van der Waals surface area contributed by atoms with Gasteiger partial charge in [-0.15, -0.1) is 0 Å². The number of benzene rings is 2. The zero-order chi connectivity index (χ0) is 19.4. The highest BCUT2D eigenvalue weighted by molar-refractivity contribution is 5.94. The minimum atomic E-state index is -0.496. The topological polar surface area (TPSA) is 124 Å². The van der Waals surface area contributed by atoms with Crippen LogP contribution in [0.4, 0.5) is 11.4 Å². The zero-order valence-corrected chi connectivity index (χ0v) is 14.4. The van der Waals surface area contributed by atoms with Gasteiger partial charge < -0.3 is 10.8 Å². The third kappa shape index (κ3) is 9.94. The van der Waals surface area contributed by atoms with Crippen LogP contribution < -0.4 is 5.73 Å². The number of hydrogen-bond donors (Lipinski definition) is 2. The van der Waals surface area contributed by atoms with Gasteiger partial charge in [0, 0.05) is 35.6 Å². The van der Waals surface area contributed by atoms with E-state index in [1.807, 2.05) is 0 Å². The maximum atomic E-state index is 10.8. The van der Waals surface area contributed by atoms with Crippen LogP contribution in [0, 0.1) is 10.1 Å². The van der Waals surface area contributed by atoms with Gasteiger partial charge in [-0.3, -0.25) is 19.7 Å². The fraction of sp³-hybridized carbons (Fsp3) is 0.263. The molecule has 0 bridgehead atoms. The van der Waals surface area contributed by atoms with Gasteiger partial charge in [-0.25, -0.2) is 0 Å². The molecule has 0 atom stereocenters. The summed E-state index contributed by atoms with van der Waals surface area (Å²) in [6.07, 6.45) is 0. The standard InChI is InChI=1S/C8H7NO3.C8H9NO.C2H6O.CH4/c1-6(10)7-2-4-8(5-3-7)9(11)12;1-6(10)7-2-4-8(9)5-3-7;1-2-3;/h2-5H,1H3;2-5H,9H2,1H3;3H,2H2,1H3;1H4. The number of nitrogens with two attached hydrogens (primary N) is 1. The van der Waals surface area contributed by atoms with E-state index >= 15 is 0 Å². The van der Waals surface area contributed by atoms with Crippen LogP contribution in [0.5, 0.6) is 0 Å². The van der Waals surface area contributed by atoms with Gasteiger partial charge in [0.05, 0.1) is 4.92 Å². The van der Waals surface area contributed by atoms with Crippen LogP contribution in [0.1, 0.15) is 48.9 Å². The van der Waals surface area contributed by atoms with E-state index in [9.17, 15) is 19.7 Å². The van der Waals surface area contributed by atoms with Crippen molar-refractivity contribution in [2.45, 2.75) is 28.2 Å². The van der Waals surface area contributed by atoms with E-state index in [-0.39, 0.29) is 31.3 Å². The minimum absolute atomic E-state index is 0. The predicted molar refractivity (Wildman–Crippen MR) is 103 cm³/mol. The Morgan fingerprint density at radius 1 is 0.962 bits per heavy atom. The number of ketones is 2. The summed E-state index contributed by atoms with van der Waals surface area (Å²) >= 11 is 0. The van der Waals surface area contributed by atoms with Crippen molar-refractivity contribution in [1.82, 2.24) is 0 Å². The summed E-state index contributed by atoms with van der Waals surface area (Å²) < 4.78 is 0. The number of nitro benzene ring substituents is 1. The van der Waals surface area contributed by atoms with E-state index < -0.39 is 4.92 Å². The number of anilines is 1. The van der Waals surface area contributed by atoms with Gasteiger partial charge in [0.2, 0.25) is 0 Å². The fourth-order valence-electron chi connectivity index (χ4n) is 1.54. The Morgan fingerprint density at radius 3 is 1.54 bits per heavy atom. The van der Waals surface area contributed by atoms with E-state index in [1.54, 1.807) is 31.2 Å². The minimum Gasteiger partial charge on any atom is -0.399 e. The Bertz CT molecular complexity index is 662. The summed E-state index contributed by atoms with van der Waals surface area (Å²) in [5.74, 6) is -0.0232. The SMILES string of the molecule is C.CC(=O)c1ccc(N)cc1.CC(=O)c1ccc([N+](=O)[O-])cc1.CCO. The van der Waals surface area contributed by atoms with Gasteiger partial charge in [0.15, 0.2) is 11.6 Å². The number of rotatable bonds is 3. The maximum Gasteiger partial charge on any atom is 0.269 e. The summed E-state index contributed by atoms with van der Waals surface area (Å²) in [5.41, 5.74) is 7.29. The molecule has 0 amide bonds. The van der Waals surface area contributed by atoms with Crippen molar-refractivity contribution >= 4 is 22.9 Å². The first-order valence-corrected chi connectivity index (χ1v) is 7.45. The molecule has 3 N–H and O–H groups in total. The predicted octanol–water partition coefficient (Wildman–Crippen LogP) is 3.90. The number of carbonyl (C=O) groups excluding carboxylic acids is 2. The summed E-state index contributed by atoms with van der Waals surface area (Å²) in [6.45, 7) is 4.88. The average Bonchev–Trinajstić information content (AvgIpc) is 2.56. The number of non-ortho nitro benzene ring substituents is 1. The molecule has 0 fully saturated rings. The number of nitrogens with zero attached hydrogens (tertiary/aromatic N) is 1. The Morgan fingerprint density at radius 2 is 1.27 bits per heavy atom. The van der Waals surface area contributed by atoms with Gasteiger partial charge in [-0.1, -0.05) is 7.43 Å². The monoisotopic (exact) mass is 362 g/mol. The third-order valence-electron chi connectivity index (χ3n) is 2.80. The lowest BCUT2D eigenvalue weighted by Crippen LogP contribution is -1.92. The van der Waals surface area contributed by atoms with Crippen LogP contribution in [0.15, 0.2) is 48.5 Å². The van der Waals surface area contributed by atoms with Crippen LogP contribution in [0.3, 0.4) is 0 Å². The Hall–Kier alpha value is -3.06. The van der Waals surface area contributed by atoms with Gasteiger partial charge in [0.25, 0.3) is 5.69 Å². The molecule has 0 unspecified atom stereocenters. The number of hydrogen-bond acceptors (Lipinski definition) is 6. The van der Waals surface area contributed by atoms with Crippen molar-refractivity contribution in [3.8, 4) is 0 Å². The molecule has 26 heavy (non-hydrogen) atoms. The van der Waals surface area contributed by atoms with Crippen LogP contribution in [-0.2, 0) is 0 Å². The second kappa shape index (κ2) is 13.3. The Balaban J connectivity index is 0. The van der Waals surface area contributed by atoms with Crippen LogP contribution in [0.25, 0.3) is 0 Å². The number of nitrogen functional groups attached to an aromatic ring is 1. The van der Waals surface area contributed by atoms with E-state index in [0.717, 1.165) is 0 Å². The maximum absolute atomic E-state index is 10.8. The lowest BCUT2D eigenvalue weighted by molar-refractivity contribution is -0.384. The van der Waals surface area contributed by atoms with Crippen molar-refractivity contribution in [3.63, 3.8) is 0 Å². The molecule has 2 rings (SSSR count). The Labute approximate surface area is 153 Å². The molecule has 0 saturated carbocycles. The van der Waals surface area contributed by atoms with E-state index in [1.165, 1.54) is 38.1 Å². The normalized spacial score (nSPS) is 8.62. The summed E-state index contributed by atoms with van der Waals surface area (Å²) in [6, 6.07) is 12.4. The van der Waals surface area contributed by atoms with Crippen molar-refractivity contribution in [2.24, 2.45) is 0 Å². The number of Topliss-reactive ketones (excluding diaryl/α,β-unsaturated/α-hetero) is 2. The second-order valence-electron chi connectivity index (χ2n) is 4.85. The van der Waals surface area contributed by atoms with Crippen molar-refractivity contribution in [2.75, 3.05) is 12.3 Å². The molecule has 0 spiro atoms. The fourth-order valence-corrected chi connectivity index (χ4v) is 1.54. The molecular weight excluding hydrogens is 336 g/mol. The van der Waals surface area contributed by atoms with Crippen molar-refractivity contribution in [3.05, 3.63) is 69.8 Å². The molecule has 0 aliphatic carbocycles. The molecule has 142 valence electrons. The molecule has 0 aliphatic rings. The lowest BCUT2D eigenvalue weighted by atomic mass is 10.1. The smallest absolute Gasteiger partial charge is 0.269 e. The first-order chi connectivity index (χ1) is 11.7. The second-order valence-corrected chi connectivity index (χ2v) is 4.85. The molecule has 0 radical (unpaired) electrons. The van der Waals surface area contributed by atoms with Gasteiger partial charge >= 0.3 is 0 Å². The highest BCUT2D eigenvalue weighted by Crippen LogP contribution is 2.11. The molecular formula is C19H26N2O5. The number of aliphatic hydroxyl groups excluding tert-OH is 1. The zero-order valence-electron chi connectivity index (χ0n) is 14.4. The molecule has 0 saturated heterocycles. The van der Waals surface area contributed by atoms with Gasteiger partial charge in [-0.2, -0.15) is 0 Å². The molecule has 2 aromatic carbocycles. The van der Waals surface area contributed by atoms with Crippen LogP contribution in [0.2, 0.25) is 0 Å². The Kier molecular flexibility index (Phi) is 12.8. The molecule has 7 heteroatoms. The van der Waals surface area contributed by atoms with Crippen molar-refractivity contribution in [1.29, 1.82) is 0 Å². The number of aliphatic hydroxyl groups is 1. The summed E-state index contributed by atoms with van der Waals surface area (Å²) in [7, 11) is 0. The van der Waals surface area contributed by atoms with Gasteiger partial charge in [0.1, 0.15) is 0 Å². The third-order valence-corrected chi connectivity index (χ3v) is 2.80. The van der Waals surface area contributed by atoms with E-state index in [0.29, 0.717) is 16.8 Å². The first-order valence-electron chi connectivity index (χ1n) is 7.45. The number of carbonyl (C=O) groups is 2. The average molecular weight is 362 g/mol. The first kappa shape index (κ1) is 25.2. The molecule has 7 nitrogen and oxygen atoms in total. The molecule has 2 aromatic rings. The lowest BCUT2D eigenvalue weighted by Gasteiger charge is -1.94. The molecule has 0 aliphatic heterocycles. The van der Waals surface area contributed by atoms with Crippen LogP contribution >= 0.6 is 0 Å². The summed E-state index contributed by atoms with van der Waals surface area (Å²) in [5, 5.41) is 17.8. The van der Waals surface area contributed by atoms with Crippen LogP contribution in [-0.4, -0.2) is 28.2 Å². The molecule has 0 aromatic heterocycles. The highest BCUT2D eigenvalue weighted by atomic mass is 16.6. The molecule has 0 heterocycles. The largest absolute Gasteiger partial charge is 0.399 e. The van der Waals surface area contributed by atoms with E-state index in [2.05, 4.69) is 0 Å². The quantitative estimate of drug-likeness (QED) is 0.369. The highest BCUT2D eigenvalue weighted by Gasteiger charge is 2.05. The number of nitro groups is 1.